The summed E-state index contributed by atoms with van der Waals surface area (Å²) in [4.78, 5) is 19.3. The molecule has 1 aliphatic heterocycles. The minimum Gasteiger partial charge on any atom is -0.335 e. The summed E-state index contributed by atoms with van der Waals surface area (Å²) in [6, 6.07) is 6.79. The van der Waals surface area contributed by atoms with Crippen molar-refractivity contribution >= 4 is 17.2 Å². The van der Waals surface area contributed by atoms with Crippen molar-refractivity contribution in [1.82, 2.24) is 9.88 Å². The number of rotatable bonds is 3. The summed E-state index contributed by atoms with van der Waals surface area (Å²) in [5, 5.41) is 0.902. The van der Waals surface area contributed by atoms with Gasteiger partial charge in [0.15, 0.2) is 0 Å². The average molecular weight is 304 g/mol. The Balaban J connectivity index is 1.75. The molecule has 1 aromatic heterocycles. The van der Waals surface area contributed by atoms with Gasteiger partial charge in [-0.15, -0.1) is 11.3 Å². The number of amides is 1. The van der Waals surface area contributed by atoms with E-state index in [0.717, 1.165) is 30.0 Å². The maximum absolute atomic E-state index is 13.3. The molecular weight excluding hydrogens is 287 g/mol. The summed E-state index contributed by atoms with van der Waals surface area (Å²) in [5.74, 6) is -0.166. The van der Waals surface area contributed by atoms with Crippen molar-refractivity contribution < 1.29 is 9.18 Å². The highest BCUT2D eigenvalue weighted by atomic mass is 32.1. The van der Waals surface area contributed by atoms with Gasteiger partial charge < -0.3 is 4.90 Å². The lowest BCUT2D eigenvalue weighted by atomic mass is 10.0. The fourth-order valence-corrected chi connectivity index (χ4v) is 3.59. The molecule has 1 aromatic carbocycles. The van der Waals surface area contributed by atoms with Crippen LogP contribution in [0.15, 0.2) is 30.5 Å². The topological polar surface area (TPSA) is 33.2 Å². The van der Waals surface area contributed by atoms with Crippen LogP contribution in [0.3, 0.4) is 0 Å². The van der Waals surface area contributed by atoms with E-state index in [-0.39, 0.29) is 17.8 Å². The molecular formula is C16H17FN2OS. The first-order chi connectivity index (χ1) is 10.1. The van der Waals surface area contributed by atoms with Crippen molar-refractivity contribution in [3.05, 3.63) is 51.7 Å². The Bertz CT molecular complexity index is 655. The lowest BCUT2D eigenvalue weighted by Crippen LogP contribution is -2.36. The van der Waals surface area contributed by atoms with Crippen molar-refractivity contribution in [2.75, 3.05) is 6.54 Å². The molecule has 0 bridgehead atoms. The number of aryl methyl sites for hydroxylation is 1. The highest BCUT2D eigenvalue weighted by molar-refractivity contribution is 7.13. The number of hydrogen-bond donors (Lipinski definition) is 0. The van der Waals surface area contributed by atoms with Crippen molar-refractivity contribution in [2.45, 2.75) is 32.2 Å². The highest BCUT2D eigenvalue weighted by Crippen LogP contribution is 2.25. The number of nitrogens with zero attached hydrogens (tertiary/aromatic N) is 2. The molecule has 1 atom stereocenters. The molecule has 0 N–H and O–H groups in total. The number of thiazole rings is 1. The predicted octanol–water partition coefficient (Wildman–Crippen LogP) is 3.44. The SMILES string of the molecule is Cc1ncc(C(=O)N2CCCC2Cc2cccc(F)c2)s1. The molecule has 21 heavy (non-hydrogen) atoms. The summed E-state index contributed by atoms with van der Waals surface area (Å²) in [7, 11) is 0. The van der Waals surface area contributed by atoms with E-state index in [1.807, 2.05) is 17.9 Å². The smallest absolute Gasteiger partial charge is 0.265 e. The number of likely N-dealkylation sites (tertiary alicyclic amines) is 1. The maximum atomic E-state index is 13.3. The fraction of sp³-hybridized carbons (Fsp3) is 0.375. The van der Waals surface area contributed by atoms with Crippen LogP contribution < -0.4 is 0 Å². The van der Waals surface area contributed by atoms with Crippen molar-refractivity contribution in [3.63, 3.8) is 0 Å². The van der Waals surface area contributed by atoms with E-state index in [1.165, 1.54) is 17.4 Å². The Labute approximate surface area is 127 Å². The van der Waals surface area contributed by atoms with Crippen molar-refractivity contribution in [1.29, 1.82) is 0 Å². The van der Waals surface area contributed by atoms with E-state index in [9.17, 15) is 9.18 Å². The van der Waals surface area contributed by atoms with Crippen LogP contribution in [-0.4, -0.2) is 28.4 Å². The van der Waals surface area contributed by atoms with E-state index in [0.29, 0.717) is 11.3 Å². The second kappa shape index (κ2) is 5.93. The first kappa shape index (κ1) is 14.2. The minimum absolute atomic E-state index is 0.0551. The molecule has 0 aliphatic carbocycles. The summed E-state index contributed by atoms with van der Waals surface area (Å²) in [6.45, 7) is 2.67. The second-order valence-electron chi connectivity index (χ2n) is 5.37. The van der Waals surface area contributed by atoms with Gasteiger partial charge in [0.05, 0.1) is 11.2 Å². The average Bonchev–Trinajstić information content (AvgIpc) is 3.07. The van der Waals surface area contributed by atoms with E-state index >= 15 is 0 Å². The predicted molar refractivity (Wildman–Crippen MR) is 81.0 cm³/mol. The Morgan fingerprint density at radius 2 is 2.38 bits per heavy atom. The molecule has 110 valence electrons. The molecule has 1 unspecified atom stereocenters. The van der Waals surface area contributed by atoms with Crippen LogP contribution in [0, 0.1) is 12.7 Å². The largest absolute Gasteiger partial charge is 0.335 e. The number of hydrogen-bond acceptors (Lipinski definition) is 3. The molecule has 1 aliphatic rings. The maximum Gasteiger partial charge on any atom is 0.265 e. The second-order valence-corrected chi connectivity index (χ2v) is 6.61. The molecule has 2 aromatic rings. The van der Waals surface area contributed by atoms with Crippen molar-refractivity contribution in [3.8, 4) is 0 Å². The van der Waals surface area contributed by atoms with E-state index in [4.69, 9.17) is 0 Å². The third-order valence-corrected chi connectivity index (χ3v) is 4.73. The standard InChI is InChI=1S/C16H17FN2OS/c1-11-18-10-15(21-11)16(20)19-7-3-6-14(19)9-12-4-2-5-13(17)8-12/h2,4-5,8,10,14H,3,6-7,9H2,1H3. The molecule has 3 rings (SSSR count). The van der Waals surface area contributed by atoms with Crippen LogP contribution in [0.5, 0.6) is 0 Å². The van der Waals surface area contributed by atoms with E-state index in [2.05, 4.69) is 4.98 Å². The first-order valence-corrected chi connectivity index (χ1v) is 7.93. The third-order valence-electron chi connectivity index (χ3n) is 3.83. The van der Waals surface area contributed by atoms with Gasteiger partial charge in [0, 0.05) is 12.6 Å². The number of aromatic nitrogens is 1. The zero-order chi connectivity index (χ0) is 14.8. The van der Waals surface area contributed by atoms with E-state index in [1.54, 1.807) is 18.3 Å². The number of carbonyl (C=O) groups excluding carboxylic acids is 1. The van der Waals surface area contributed by atoms with Crippen LogP contribution in [0.25, 0.3) is 0 Å². The van der Waals surface area contributed by atoms with Gasteiger partial charge in [0.1, 0.15) is 10.7 Å². The Kier molecular flexibility index (Phi) is 4.01. The fourth-order valence-electron chi connectivity index (χ4n) is 2.85. The van der Waals surface area contributed by atoms with Gasteiger partial charge in [-0.05, 0) is 43.9 Å². The highest BCUT2D eigenvalue weighted by Gasteiger charge is 2.30. The van der Waals surface area contributed by atoms with Gasteiger partial charge >= 0.3 is 0 Å². The molecule has 0 radical (unpaired) electrons. The van der Waals surface area contributed by atoms with Crippen LogP contribution >= 0.6 is 11.3 Å². The molecule has 2 heterocycles. The van der Waals surface area contributed by atoms with Crippen LogP contribution in [-0.2, 0) is 6.42 Å². The Hall–Kier alpha value is -1.75. The summed E-state index contributed by atoms with van der Waals surface area (Å²) in [6.07, 6.45) is 4.34. The third kappa shape index (κ3) is 3.13. The van der Waals surface area contributed by atoms with Gasteiger partial charge in [0.25, 0.3) is 5.91 Å². The lowest BCUT2D eigenvalue weighted by Gasteiger charge is -2.24. The first-order valence-electron chi connectivity index (χ1n) is 7.11. The normalized spacial score (nSPS) is 18.2. The number of benzene rings is 1. The summed E-state index contributed by atoms with van der Waals surface area (Å²) in [5.41, 5.74) is 0.945. The van der Waals surface area contributed by atoms with Gasteiger partial charge in [0.2, 0.25) is 0 Å². The molecule has 1 saturated heterocycles. The van der Waals surface area contributed by atoms with Gasteiger partial charge in [-0.3, -0.25) is 4.79 Å². The quantitative estimate of drug-likeness (QED) is 0.870. The van der Waals surface area contributed by atoms with Gasteiger partial charge in [-0.2, -0.15) is 0 Å². The number of carbonyl (C=O) groups is 1. The Morgan fingerprint density at radius 1 is 1.52 bits per heavy atom. The molecule has 1 fully saturated rings. The zero-order valence-electron chi connectivity index (χ0n) is 11.9. The molecule has 3 nitrogen and oxygen atoms in total. The molecule has 5 heteroatoms. The van der Waals surface area contributed by atoms with Crippen LogP contribution in [0.2, 0.25) is 0 Å². The number of halogens is 1. The lowest BCUT2D eigenvalue weighted by molar-refractivity contribution is 0.0741. The monoisotopic (exact) mass is 304 g/mol. The molecule has 0 saturated carbocycles. The van der Waals surface area contributed by atoms with Gasteiger partial charge in [-0.25, -0.2) is 9.37 Å². The van der Waals surface area contributed by atoms with Crippen LogP contribution in [0.4, 0.5) is 4.39 Å². The van der Waals surface area contributed by atoms with Gasteiger partial charge in [-0.1, -0.05) is 12.1 Å². The summed E-state index contributed by atoms with van der Waals surface area (Å²) < 4.78 is 13.3. The molecule has 0 spiro atoms. The minimum atomic E-state index is -0.221. The zero-order valence-corrected chi connectivity index (χ0v) is 12.7. The summed E-state index contributed by atoms with van der Waals surface area (Å²) >= 11 is 1.43. The van der Waals surface area contributed by atoms with Crippen molar-refractivity contribution in [2.24, 2.45) is 0 Å². The Morgan fingerprint density at radius 3 is 3.10 bits per heavy atom. The molecule has 1 amide bonds. The van der Waals surface area contributed by atoms with E-state index < -0.39 is 0 Å². The van der Waals surface area contributed by atoms with Crippen LogP contribution in [0.1, 0.15) is 33.1 Å².